The number of carboxylic acids is 1. The van der Waals surface area contributed by atoms with E-state index >= 15 is 0 Å². The number of anilines is 1. The average Bonchev–Trinajstić information content (AvgIpc) is 2.69. The van der Waals surface area contributed by atoms with Crippen molar-refractivity contribution in [2.24, 2.45) is 0 Å². The monoisotopic (exact) mass is 209 g/mol. The van der Waals surface area contributed by atoms with Crippen LogP contribution in [0.2, 0.25) is 0 Å². The number of halogens is 1. The Morgan fingerprint density at radius 2 is 2.00 bits per heavy atom. The number of nitrogens with zero attached hydrogens (tertiary/aromatic N) is 1. The Labute approximate surface area is 87.1 Å². The maximum absolute atomic E-state index is 13.0. The fraction of sp³-hybridized carbons (Fsp3) is 0.364. The minimum Gasteiger partial charge on any atom is -0.478 e. The first-order chi connectivity index (χ1) is 7.18. The van der Waals surface area contributed by atoms with E-state index in [4.69, 9.17) is 5.11 Å². The summed E-state index contributed by atoms with van der Waals surface area (Å²) in [5, 5.41) is 8.97. The molecule has 0 radical (unpaired) electrons. The van der Waals surface area contributed by atoms with Crippen molar-refractivity contribution in [2.75, 3.05) is 18.0 Å². The maximum Gasteiger partial charge on any atom is 0.337 e. The van der Waals surface area contributed by atoms with Crippen LogP contribution in [0.25, 0.3) is 0 Å². The van der Waals surface area contributed by atoms with Crippen LogP contribution < -0.4 is 4.90 Å². The number of aromatic carboxylic acids is 1. The Hall–Kier alpha value is -1.58. The average molecular weight is 209 g/mol. The molecule has 0 aliphatic carbocycles. The number of hydrogen-bond donors (Lipinski definition) is 1. The summed E-state index contributed by atoms with van der Waals surface area (Å²) in [6, 6.07) is 3.81. The van der Waals surface area contributed by atoms with Crippen LogP contribution >= 0.6 is 0 Å². The molecule has 1 N–H and O–H groups in total. The molecule has 3 nitrogen and oxygen atoms in total. The quantitative estimate of drug-likeness (QED) is 0.811. The maximum atomic E-state index is 13.0. The Morgan fingerprint density at radius 1 is 1.33 bits per heavy atom. The molecule has 1 aliphatic rings. The van der Waals surface area contributed by atoms with E-state index in [2.05, 4.69) is 0 Å². The Morgan fingerprint density at radius 3 is 2.60 bits per heavy atom. The Balaban J connectivity index is 2.41. The molecule has 0 saturated carbocycles. The molecule has 0 atom stereocenters. The standard InChI is InChI=1S/C11H12FNO2/c12-8-3-4-9(11(14)15)10(7-8)13-5-1-2-6-13/h3-4,7H,1-2,5-6H2,(H,14,15). The Bertz CT molecular complexity index is 386. The lowest BCUT2D eigenvalue weighted by molar-refractivity contribution is 0.0697. The predicted octanol–water partition coefficient (Wildman–Crippen LogP) is 2.12. The topological polar surface area (TPSA) is 40.5 Å². The molecular weight excluding hydrogens is 197 g/mol. The first-order valence-corrected chi connectivity index (χ1v) is 4.96. The van der Waals surface area contributed by atoms with Crippen LogP contribution in [0.3, 0.4) is 0 Å². The van der Waals surface area contributed by atoms with E-state index in [0.717, 1.165) is 25.9 Å². The largest absolute Gasteiger partial charge is 0.478 e. The molecule has 1 heterocycles. The summed E-state index contributed by atoms with van der Waals surface area (Å²) in [5.74, 6) is -1.39. The summed E-state index contributed by atoms with van der Waals surface area (Å²) in [5.41, 5.74) is 0.679. The molecule has 1 aromatic rings. The molecule has 0 bridgehead atoms. The molecule has 0 spiro atoms. The summed E-state index contributed by atoms with van der Waals surface area (Å²) in [7, 11) is 0. The molecule has 1 aromatic carbocycles. The molecule has 1 fully saturated rings. The highest BCUT2D eigenvalue weighted by atomic mass is 19.1. The van der Waals surface area contributed by atoms with Crippen molar-refractivity contribution in [3.05, 3.63) is 29.6 Å². The van der Waals surface area contributed by atoms with Crippen LogP contribution in [0.4, 0.5) is 10.1 Å². The number of carbonyl (C=O) groups is 1. The van der Waals surface area contributed by atoms with Gasteiger partial charge >= 0.3 is 5.97 Å². The van der Waals surface area contributed by atoms with E-state index in [9.17, 15) is 9.18 Å². The van der Waals surface area contributed by atoms with Gasteiger partial charge in [-0.2, -0.15) is 0 Å². The minimum absolute atomic E-state index is 0.179. The van der Waals surface area contributed by atoms with Gasteiger partial charge in [-0.3, -0.25) is 0 Å². The van der Waals surface area contributed by atoms with Gasteiger partial charge in [-0.05, 0) is 31.0 Å². The molecule has 1 saturated heterocycles. The van der Waals surface area contributed by atoms with Crippen molar-refractivity contribution in [3.63, 3.8) is 0 Å². The number of rotatable bonds is 2. The van der Waals surface area contributed by atoms with Crippen LogP contribution in [-0.4, -0.2) is 24.2 Å². The molecule has 0 aromatic heterocycles. The Kier molecular flexibility index (Phi) is 2.58. The zero-order chi connectivity index (χ0) is 10.8. The summed E-state index contributed by atoms with van der Waals surface area (Å²) < 4.78 is 13.0. The van der Waals surface area contributed by atoms with Gasteiger partial charge in [-0.1, -0.05) is 0 Å². The van der Waals surface area contributed by atoms with Crippen molar-refractivity contribution in [3.8, 4) is 0 Å². The highest BCUT2D eigenvalue weighted by Gasteiger charge is 2.19. The van der Waals surface area contributed by atoms with Crippen molar-refractivity contribution >= 4 is 11.7 Å². The lowest BCUT2D eigenvalue weighted by atomic mass is 10.1. The summed E-state index contributed by atoms with van der Waals surface area (Å²) >= 11 is 0. The van der Waals surface area contributed by atoms with Gasteiger partial charge < -0.3 is 10.0 Å². The van der Waals surface area contributed by atoms with E-state index in [0.29, 0.717) is 5.69 Å². The zero-order valence-corrected chi connectivity index (χ0v) is 8.24. The van der Waals surface area contributed by atoms with Crippen LogP contribution in [0, 0.1) is 5.82 Å². The third-order valence-electron chi connectivity index (χ3n) is 2.64. The van der Waals surface area contributed by atoms with Gasteiger partial charge in [0.1, 0.15) is 5.82 Å². The summed E-state index contributed by atoms with van der Waals surface area (Å²) in [4.78, 5) is 12.9. The molecule has 80 valence electrons. The molecule has 1 aliphatic heterocycles. The van der Waals surface area contributed by atoms with Crippen molar-refractivity contribution < 1.29 is 14.3 Å². The van der Waals surface area contributed by atoms with Crippen molar-refractivity contribution in [1.29, 1.82) is 0 Å². The fourth-order valence-electron chi connectivity index (χ4n) is 1.91. The van der Waals surface area contributed by atoms with Gasteiger partial charge in [0.15, 0.2) is 0 Å². The first kappa shape index (κ1) is 9.96. The van der Waals surface area contributed by atoms with E-state index < -0.39 is 5.97 Å². The van der Waals surface area contributed by atoms with Crippen LogP contribution in [-0.2, 0) is 0 Å². The highest BCUT2D eigenvalue weighted by molar-refractivity contribution is 5.94. The molecule has 15 heavy (non-hydrogen) atoms. The van der Waals surface area contributed by atoms with E-state index in [-0.39, 0.29) is 11.4 Å². The first-order valence-electron chi connectivity index (χ1n) is 4.96. The van der Waals surface area contributed by atoms with E-state index in [1.807, 2.05) is 4.90 Å². The SMILES string of the molecule is O=C(O)c1ccc(F)cc1N1CCCC1. The number of hydrogen-bond acceptors (Lipinski definition) is 2. The molecule has 0 amide bonds. The third kappa shape index (κ3) is 1.93. The van der Waals surface area contributed by atoms with Gasteiger partial charge in [0.05, 0.1) is 11.3 Å². The van der Waals surface area contributed by atoms with Gasteiger partial charge in [-0.25, -0.2) is 9.18 Å². The van der Waals surface area contributed by atoms with Gasteiger partial charge in [0.2, 0.25) is 0 Å². The van der Waals surface area contributed by atoms with Crippen molar-refractivity contribution in [2.45, 2.75) is 12.8 Å². The van der Waals surface area contributed by atoms with Crippen LogP contribution in [0.5, 0.6) is 0 Å². The summed E-state index contributed by atoms with van der Waals surface area (Å²) in [6.45, 7) is 1.62. The fourth-order valence-corrected chi connectivity index (χ4v) is 1.91. The van der Waals surface area contributed by atoms with Crippen molar-refractivity contribution in [1.82, 2.24) is 0 Å². The molecule has 2 rings (SSSR count). The zero-order valence-electron chi connectivity index (χ0n) is 8.24. The van der Waals surface area contributed by atoms with Gasteiger partial charge in [0.25, 0.3) is 0 Å². The number of benzene rings is 1. The third-order valence-corrected chi connectivity index (χ3v) is 2.64. The highest BCUT2D eigenvalue weighted by Crippen LogP contribution is 2.25. The smallest absolute Gasteiger partial charge is 0.337 e. The van der Waals surface area contributed by atoms with E-state index in [1.54, 1.807) is 0 Å². The second kappa shape index (κ2) is 3.88. The summed E-state index contributed by atoms with van der Waals surface area (Å²) in [6.07, 6.45) is 2.07. The van der Waals surface area contributed by atoms with Crippen LogP contribution in [0.15, 0.2) is 18.2 Å². The predicted molar refractivity (Wildman–Crippen MR) is 54.8 cm³/mol. The lowest BCUT2D eigenvalue weighted by Gasteiger charge is -2.19. The normalized spacial score (nSPS) is 15.7. The lowest BCUT2D eigenvalue weighted by Crippen LogP contribution is -2.20. The molecular formula is C11H12FNO2. The second-order valence-corrected chi connectivity index (χ2v) is 3.66. The van der Waals surface area contributed by atoms with Crippen LogP contribution in [0.1, 0.15) is 23.2 Å². The molecule has 0 unspecified atom stereocenters. The van der Waals surface area contributed by atoms with Gasteiger partial charge in [-0.15, -0.1) is 0 Å². The second-order valence-electron chi connectivity index (χ2n) is 3.66. The number of carboxylic acid groups (broad SMARTS) is 1. The van der Waals surface area contributed by atoms with E-state index in [1.165, 1.54) is 18.2 Å². The van der Waals surface area contributed by atoms with Gasteiger partial charge in [0, 0.05) is 13.1 Å². The minimum atomic E-state index is -1.00. The molecule has 4 heteroatoms.